The molecule has 0 amide bonds. The zero-order chi connectivity index (χ0) is 18.9. The van der Waals surface area contributed by atoms with E-state index in [1.54, 1.807) is 0 Å². The van der Waals surface area contributed by atoms with E-state index in [0.29, 0.717) is 0 Å². The van der Waals surface area contributed by atoms with Crippen molar-refractivity contribution in [3.05, 3.63) is 78.0 Å². The topological polar surface area (TPSA) is 28.2 Å². The van der Waals surface area contributed by atoms with E-state index in [2.05, 4.69) is 83.9 Å². The molecule has 4 aromatic rings. The normalized spacial score (nSPS) is 14.1. The van der Waals surface area contributed by atoms with Gasteiger partial charge in [0.25, 0.3) is 0 Å². The number of benzene rings is 3. The molecule has 3 aromatic carbocycles. The van der Waals surface area contributed by atoms with E-state index in [9.17, 15) is 0 Å². The van der Waals surface area contributed by atoms with Crippen LogP contribution in [-0.2, 0) is 6.54 Å². The van der Waals surface area contributed by atoms with E-state index in [1.165, 1.54) is 40.3 Å². The molecule has 3 heteroatoms. The lowest BCUT2D eigenvalue weighted by Gasteiger charge is -2.20. The molecule has 1 aliphatic rings. The zero-order valence-electron chi connectivity index (χ0n) is 16.3. The van der Waals surface area contributed by atoms with Gasteiger partial charge >= 0.3 is 0 Å². The number of rotatable bonds is 4. The number of pyridine rings is 1. The molecule has 1 saturated heterocycles. The standard InChI is InChI=1S/C25H25N3/c1-18-15-25(28-13-4-5-14-28)23-12-11-21(16-24(23)27-18)26-17-20-9-6-8-19-7-2-3-10-22(19)20/h2-3,6-12,15-16,26H,4-5,13-14,17H2,1H3. The van der Waals surface area contributed by atoms with Crippen LogP contribution < -0.4 is 10.2 Å². The third kappa shape index (κ3) is 3.18. The van der Waals surface area contributed by atoms with Gasteiger partial charge < -0.3 is 10.2 Å². The Kier molecular flexibility index (Phi) is 4.36. The molecule has 2 heterocycles. The van der Waals surface area contributed by atoms with Gasteiger partial charge in [0.15, 0.2) is 0 Å². The van der Waals surface area contributed by atoms with Crippen LogP contribution >= 0.6 is 0 Å². The molecule has 0 spiro atoms. The molecule has 140 valence electrons. The van der Waals surface area contributed by atoms with Gasteiger partial charge in [-0.1, -0.05) is 42.5 Å². The van der Waals surface area contributed by atoms with Crippen molar-refractivity contribution >= 4 is 33.1 Å². The molecule has 1 N–H and O–H groups in total. The predicted octanol–water partition coefficient (Wildman–Crippen LogP) is 5.91. The first kappa shape index (κ1) is 17.1. The highest BCUT2D eigenvalue weighted by Gasteiger charge is 2.16. The fourth-order valence-corrected chi connectivity index (χ4v) is 4.31. The minimum atomic E-state index is 0.803. The van der Waals surface area contributed by atoms with Gasteiger partial charge in [0.05, 0.1) is 5.52 Å². The molecule has 0 unspecified atom stereocenters. The first-order valence-electron chi connectivity index (χ1n) is 10.1. The van der Waals surface area contributed by atoms with E-state index in [4.69, 9.17) is 4.98 Å². The van der Waals surface area contributed by atoms with Gasteiger partial charge in [0.1, 0.15) is 0 Å². The van der Waals surface area contributed by atoms with E-state index in [0.717, 1.165) is 36.5 Å². The highest BCUT2D eigenvalue weighted by atomic mass is 15.1. The summed E-state index contributed by atoms with van der Waals surface area (Å²) in [5.74, 6) is 0. The van der Waals surface area contributed by atoms with Crippen LogP contribution in [0.5, 0.6) is 0 Å². The Bertz CT molecular complexity index is 1140. The smallest absolute Gasteiger partial charge is 0.0746 e. The van der Waals surface area contributed by atoms with Crippen LogP contribution in [0.3, 0.4) is 0 Å². The van der Waals surface area contributed by atoms with E-state index in [1.807, 2.05) is 0 Å². The highest BCUT2D eigenvalue weighted by molar-refractivity contribution is 5.94. The van der Waals surface area contributed by atoms with Gasteiger partial charge in [-0.2, -0.15) is 0 Å². The molecule has 3 nitrogen and oxygen atoms in total. The van der Waals surface area contributed by atoms with Gasteiger partial charge in [-0.05, 0) is 60.4 Å². The van der Waals surface area contributed by atoms with Crippen molar-refractivity contribution in [2.75, 3.05) is 23.3 Å². The van der Waals surface area contributed by atoms with Crippen molar-refractivity contribution in [2.24, 2.45) is 0 Å². The number of aromatic nitrogens is 1. The van der Waals surface area contributed by atoms with Crippen molar-refractivity contribution in [1.82, 2.24) is 4.98 Å². The van der Waals surface area contributed by atoms with Gasteiger partial charge in [-0.15, -0.1) is 0 Å². The summed E-state index contributed by atoms with van der Waals surface area (Å²) in [5.41, 5.74) is 5.92. The molecule has 0 atom stereocenters. The minimum Gasteiger partial charge on any atom is -0.381 e. The largest absolute Gasteiger partial charge is 0.381 e. The summed E-state index contributed by atoms with van der Waals surface area (Å²) in [6.45, 7) is 5.20. The SMILES string of the molecule is Cc1cc(N2CCCC2)c2ccc(NCc3cccc4ccccc34)cc2n1. The second kappa shape index (κ2) is 7.16. The van der Waals surface area contributed by atoms with E-state index >= 15 is 0 Å². The maximum absolute atomic E-state index is 4.81. The second-order valence-electron chi connectivity index (χ2n) is 7.70. The predicted molar refractivity (Wildman–Crippen MR) is 119 cm³/mol. The highest BCUT2D eigenvalue weighted by Crippen LogP contribution is 2.31. The first-order valence-corrected chi connectivity index (χ1v) is 10.1. The quantitative estimate of drug-likeness (QED) is 0.486. The van der Waals surface area contributed by atoms with Crippen molar-refractivity contribution in [2.45, 2.75) is 26.3 Å². The molecule has 5 rings (SSSR count). The second-order valence-corrected chi connectivity index (χ2v) is 7.70. The molecule has 0 saturated carbocycles. The Morgan fingerprint density at radius 1 is 0.893 bits per heavy atom. The van der Waals surface area contributed by atoms with Crippen LogP contribution in [0, 0.1) is 6.92 Å². The zero-order valence-corrected chi connectivity index (χ0v) is 16.3. The molecule has 1 aliphatic heterocycles. The number of anilines is 2. The summed E-state index contributed by atoms with van der Waals surface area (Å²) < 4.78 is 0. The number of fused-ring (bicyclic) bond motifs is 2. The number of aryl methyl sites for hydroxylation is 1. The molecule has 1 aromatic heterocycles. The Balaban J connectivity index is 1.45. The fourth-order valence-electron chi connectivity index (χ4n) is 4.31. The van der Waals surface area contributed by atoms with Crippen molar-refractivity contribution in [1.29, 1.82) is 0 Å². The molecule has 0 aliphatic carbocycles. The number of hydrogen-bond acceptors (Lipinski definition) is 3. The van der Waals surface area contributed by atoms with Gasteiger partial charge in [-0.3, -0.25) is 4.98 Å². The third-order valence-electron chi connectivity index (χ3n) is 5.73. The maximum Gasteiger partial charge on any atom is 0.0746 e. The average Bonchev–Trinajstić information content (AvgIpc) is 3.26. The van der Waals surface area contributed by atoms with Crippen LogP contribution in [0.25, 0.3) is 21.7 Å². The minimum absolute atomic E-state index is 0.803. The lowest BCUT2D eigenvalue weighted by Crippen LogP contribution is -2.18. The van der Waals surface area contributed by atoms with Crippen LogP contribution in [0.1, 0.15) is 24.1 Å². The van der Waals surface area contributed by atoms with Crippen LogP contribution in [0.4, 0.5) is 11.4 Å². The summed E-state index contributed by atoms with van der Waals surface area (Å²) in [6.07, 6.45) is 2.57. The molecular formula is C25H25N3. The Morgan fingerprint density at radius 3 is 2.61 bits per heavy atom. The number of hydrogen-bond donors (Lipinski definition) is 1. The third-order valence-corrected chi connectivity index (χ3v) is 5.73. The average molecular weight is 367 g/mol. The Labute approximate surface area is 166 Å². The van der Waals surface area contributed by atoms with Crippen LogP contribution in [0.2, 0.25) is 0 Å². The summed E-state index contributed by atoms with van der Waals surface area (Å²) in [7, 11) is 0. The van der Waals surface area contributed by atoms with Crippen molar-refractivity contribution < 1.29 is 0 Å². The summed E-state index contributed by atoms with van der Waals surface area (Å²) in [6, 6.07) is 23.9. The van der Waals surface area contributed by atoms with Crippen LogP contribution in [-0.4, -0.2) is 18.1 Å². The van der Waals surface area contributed by atoms with Gasteiger partial charge in [0.2, 0.25) is 0 Å². The monoisotopic (exact) mass is 367 g/mol. The molecule has 0 radical (unpaired) electrons. The van der Waals surface area contributed by atoms with Crippen molar-refractivity contribution in [3.8, 4) is 0 Å². The summed E-state index contributed by atoms with van der Waals surface area (Å²) in [4.78, 5) is 7.31. The lowest BCUT2D eigenvalue weighted by atomic mass is 10.0. The lowest BCUT2D eigenvalue weighted by molar-refractivity contribution is 0.949. The molecule has 1 fully saturated rings. The number of nitrogens with zero attached hydrogens (tertiary/aromatic N) is 2. The first-order chi connectivity index (χ1) is 13.8. The molecule has 0 bridgehead atoms. The molecule has 28 heavy (non-hydrogen) atoms. The summed E-state index contributed by atoms with van der Waals surface area (Å²) >= 11 is 0. The number of nitrogens with one attached hydrogen (secondary N) is 1. The van der Waals surface area contributed by atoms with Crippen molar-refractivity contribution in [3.63, 3.8) is 0 Å². The Morgan fingerprint density at radius 2 is 1.71 bits per heavy atom. The maximum atomic E-state index is 4.81. The summed E-state index contributed by atoms with van der Waals surface area (Å²) in [5, 5.41) is 7.45. The van der Waals surface area contributed by atoms with E-state index < -0.39 is 0 Å². The van der Waals surface area contributed by atoms with Gasteiger partial charge in [-0.25, -0.2) is 0 Å². The van der Waals surface area contributed by atoms with E-state index in [-0.39, 0.29) is 0 Å². The Hall–Kier alpha value is -3.07. The van der Waals surface area contributed by atoms with Crippen LogP contribution in [0.15, 0.2) is 66.7 Å². The van der Waals surface area contributed by atoms with Gasteiger partial charge in [0, 0.05) is 42.1 Å². The molecular weight excluding hydrogens is 342 g/mol. The fraction of sp³-hybridized carbons (Fsp3) is 0.240.